The van der Waals surface area contributed by atoms with Gasteiger partial charge in [-0.1, -0.05) is 70.9 Å². The minimum absolute atomic E-state index is 1.26. The number of hydrogen-bond donors (Lipinski definition) is 0. The van der Waals surface area contributed by atoms with E-state index in [1.54, 1.807) is 0 Å². The summed E-state index contributed by atoms with van der Waals surface area (Å²) in [5, 5.41) is 0. The van der Waals surface area contributed by atoms with Crippen LogP contribution in [0, 0.1) is 0 Å². The molecule has 0 nitrogen and oxygen atoms in total. The van der Waals surface area contributed by atoms with E-state index in [9.17, 15) is 0 Å². The third-order valence-corrected chi connectivity index (χ3v) is 2.60. The smallest absolute Gasteiger partial charge is 0.0351 e. The van der Waals surface area contributed by atoms with Crippen molar-refractivity contribution in [3.8, 4) is 0 Å². The summed E-state index contributed by atoms with van der Waals surface area (Å²) in [7, 11) is 0. The zero-order valence-corrected chi connectivity index (χ0v) is 10.2. The van der Waals surface area contributed by atoms with Crippen molar-refractivity contribution in [3.05, 3.63) is 12.2 Å². The Morgan fingerprint density at radius 2 is 1.14 bits per heavy atom. The summed E-state index contributed by atoms with van der Waals surface area (Å²) < 4.78 is 0. The zero-order chi connectivity index (χ0) is 10.5. The van der Waals surface area contributed by atoms with Gasteiger partial charge >= 0.3 is 0 Å². The molecule has 0 rings (SSSR count). The lowest BCUT2D eigenvalue weighted by Crippen LogP contribution is -1.78. The third-order valence-electron chi connectivity index (χ3n) is 2.60. The summed E-state index contributed by atoms with van der Waals surface area (Å²) >= 11 is 0. The molecule has 0 aliphatic carbocycles. The second-order valence-electron chi connectivity index (χ2n) is 4.17. The molecule has 0 aliphatic rings. The van der Waals surface area contributed by atoms with Gasteiger partial charge in [0.15, 0.2) is 0 Å². The van der Waals surface area contributed by atoms with E-state index in [0.717, 1.165) is 0 Å². The summed E-state index contributed by atoms with van der Waals surface area (Å²) in [6.45, 7) is 4.51. The molecule has 0 saturated carbocycles. The van der Waals surface area contributed by atoms with Crippen molar-refractivity contribution in [2.75, 3.05) is 0 Å². The van der Waals surface area contributed by atoms with Crippen molar-refractivity contribution in [1.29, 1.82) is 0 Å². The Morgan fingerprint density at radius 3 is 1.79 bits per heavy atom. The minimum atomic E-state index is 1.26. The van der Waals surface area contributed by atoms with Crippen LogP contribution in [0.2, 0.25) is 0 Å². The van der Waals surface area contributed by atoms with Gasteiger partial charge in [-0.05, 0) is 19.3 Å². The summed E-state index contributed by atoms with van der Waals surface area (Å²) in [6.07, 6.45) is 18.5. The normalized spacial score (nSPS) is 11.3. The second-order valence-corrected chi connectivity index (χ2v) is 4.17. The molecule has 0 aliphatic heterocycles. The second kappa shape index (κ2) is 12.7. The van der Waals surface area contributed by atoms with Crippen LogP contribution in [-0.4, -0.2) is 0 Å². The van der Waals surface area contributed by atoms with Gasteiger partial charge < -0.3 is 0 Å². The van der Waals surface area contributed by atoms with E-state index in [2.05, 4.69) is 26.0 Å². The van der Waals surface area contributed by atoms with Gasteiger partial charge in [-0.2, -0.15) is 0 Å². The molecule has 14 heavy (non-hydrogen) atoms. The minimum Gasteiger partial charge on any atom is -0.0885 e. The Labute approximate surface area is 90.8 Å². The van der Waals surface area contributed by atoms with E-state index in [-0.39, 0.29) is 0 Å². The number of unbranched alkanes of at least 4 members (excludes halogenated alkanes) is 8. The van der Waals surface area contributed by atoms with E-state index in [1.165, 1.54) is 64.2 Å². The molecule has 0 unspecified atom stereocenters. The molecule has 0 spiro atoms. The molecule has 0 amide bonds. The lowest BCUT2D eigenvalue weighted by atomic mass is 10.1. The van der Waals surface area contributed by atoms with Gasteiger partial charge in [0, 0.05) is 0 Å². The van der Waals surface area contributed by atoms with Crippen molar-refractivity contribution in [2.24, 2.45) is 0 Å². The molecular weight excluding hydrogens is 168 g/mol. The van der Waals surface area contributed by atoms with Gasteiger partial charge in [0.1, 0.15) is 0 Å². The fraction of sp³-hybridized carbons (Fsp3) is 0.857. The summed E-state index contributed by atoms with van der Waals surface area (Å²) in [5.41, 5.74) is 0. The Kier molecular flexibility index (Phi) is 12.5. The van der Waals surface area contributed by atoms with E-state index < -0.39 is 0 Å². The molecule has 0 aromatic rings. The van der Waals surface area contributed by atoms with E-state index >= 15 is 0 Å². The highest BCUT2D eigenvalue weighted by Gasteiger charge is 1.88. The maximum atomic E-state index is 2.36. The predicted octanol–water partition coefficient (Wildman–Crippen LogP) is 5.48. The molecule has 84 valence electrons. The molecule has 0 bridgehead atoms. The van der Waals surface area contributed by atoms with Crippen LogP contribution in [0.1, 0.15) is 78.1 Å². The first-order valence-electron chi connectivity index (χ1n) is 6.56. The molecule has 0 fully saturated rings. The molecular formula is C14H28. The highest BCUT2D eigenvalue weighted by molar-refractivity contribution is 4.80. The fourth-order valence-electron chi connectivity index (χ4n) is 1.62. The van der Waals surface area contributed by atoms with Gasteiger partial charge in [0.2, 0.25) is 0 Å². The average molecular weight is 196 g/mol. The third kappa shape index (κ3) is 11.7. The van der Waals surface area contributed by atoms with E-state index in [1.807, 2.05) is 0 Å². The van der Waals surface area contributed by atoms with Crippen LogP contribution in [-0.2, 0) is 0 Å². The topological polar surface area (TPSA) is 0 Å². The van der Waals surface area contributed by atoms with E-state index in [4.69, 9.17) is 0 Å². The van der Waals surface area contributed by atoms with Crippen LogP contribution in [0.25, 0.3) is 0 Å². The highest BCUT2D eigenvalue weighted by Crippen LogP contribution is 2.08. The molecule has 0 atom stereocenters. The Bertz CT molecular complexity index is 113. The Hall–Kier alpha value is -0.260. The predicted molar refractivity (Wildman–Crippen MR) is 66.7 cm³/mol. The number of allylic oxidation sites excluding steroid dienone is 2. The fourth-order valence-corrected chi connectivity index (χ4v) is 1.62. The van der Waals surface area contributed by atoms with Crippen LogP contribution in [0.15, 0.2) is 12.2 Å². The Balaban J connectivity index is 2.91. The Morgan fingerprint density at radius 1 is 0.571 bits per heavy atom. The molecule has 0 heterocycles. The lowest BCUT2D eigenvalue weighted by molar-refractivity contribution is 0.592. The molecule has 0 radical (unpaired) electrons. The van der Waals surface area contributed by atoms with Crippen molar-refractivity contribution in [1.82, 2.24) is 0 Å². The van der Waals surface area contributed by atoms with Crippen LogP contribution in [0.4, 0.5) is 0 Å². The zero-order valence-electron chi connectivity index (χ0n) is 10.2. The monoisotopic (exact) mass is 196 g/mol. The largest absolute Gasteiger partial charge is 0.0885 e. The number of hydrogen-bond acceptors (Lipinski definition) is 0. The highest BCUT2D eigenvalue weighted by atomic mass is 13.9. The molecule has 0 saturated heterocycles. The van der Waals surface area contributed by atoms with Crippen molar-refractivity contribution < 1.29 is 0 Å². The first kappa shape index (κ1) is 13.7. The van der Waals surface area contributed by atoms with Crippen molar-refractivity contribution >= 4 is 0 Å². The lowest BCUT2D eigenvalue weighted by Gasteiger charge is -1.98. The first-order chi connectivity index (χ1) is 6.91. The van der Waals surface area contributed by atoms with Gasteiger partial charge in [0.05, 0.1) is 0 Å². The van der Waals surface area contributed by atoms with Gasteiger partial charge in [-0.25, -0.2) is 0 Å². The molecule has 0 heteroatoms. The summed E-state index contributed by atoms with van der Waals surface area (Å²) in [5.74, 6) is 0. The SMILES string of the molecule is CCCC=CCCCCCCCCC. The van der Waals surface area contributed by atoms with E-state index in [0.29, 0.717) is 0 Å². The van der Waals surface area contributed by atoms with Crippen molar-refractivity contribution in [3.63, 3.8) is 0 Å². The van der Waals surface area contributed by atoms with Crippen molar-refractivity contribution in [2.45, 2.75) is 78.1 Å². The van der Waals surface area contributed by atoms with Crippen LogP contribution in [0.3, 0.4) is 0 Å². The van der Waals surface area contributed by atoms with Crippen LogP contribution in [0.5, 0.6) is 0 Å². The standard InChI is InChI=1S/C14H28/c1-3-5-7-9-11-13-14-12-10-8-6-4-2/h7,9H,3-6,8,10-14H2,1-2H3. The van der Waals surface area contributed by atoms with Gasteiger partial charge in [0.25, 0.3) is 0 Å². The quantitative estimate of drug-likeness (QED) is 0.320. The summed E-state index contributed by atoms with van der Waals surface area (Å²) in [4.78, 5) is 0. The maximum absolute atomic E-state index is 2.36. The molecule has 0 N–H and O–H groups in total. The van der Waals surface area contributed by atoms with Gasteiger partial charge in [-0.15, -0.1) is 0 Å². The maximum Gasteiger partial charge on any atom is -0.0351 e. The first-order valence-corrected chi connectivity index (χ1v) is 6.56. The molecule has 0 aromatic carbocycles. The van der Waals surface area contributed by atoms with Gasteiger partial charge in [-0.3, -0.25) is 0 Å². The molecule has 0 aromatic heterocycles. The summed E-state index contributed by atoms with van der Waals surface area (Å²) in [6, 6.07) is 0. The van der Waals surface area contributed by atoms with Crippen LogP contribution < -0.4 is 0 Å². The number of rotatable bonds is 10. The van der Waals surface area contributed by atoms with Crippen LogP contribution >= 0.6 is 0 Å². The average Bonchev–Trinajstić information content (AvgIpc) is 2.21.